The van der Waals surface area contributed by atoms with E-state index in [1.165, 1.54) is 6.92 Å². The molecule has 1 rings (SSSR count). The standard InChI is InChI=1S/C17H25ClN2O2S/c1-12(2)20(11-14-7-5-6-8-15(14)18)17(22)16(9-10-23-4)19-13(3)21/h5-8,12,16H,9-11H2,1-4H3,(H,19,21)/t16-/m0/s1. The van der Waals surface area contributed by atoms with Crippen LogP contribution in [0, 0.1) is 0 Å². The van der Waals surface area contributed by atoms with Crippen molar-refractivity contribution >= 4 is 35.2 Å². The van der Waals surface area contributed by atoms with Crippen molar-refractivity contribution in [3.63, 3.8) is 0 Å². The van der Waals surface area contributed by atoms with Crippen LogP contribution in [-0.2, 0) is 16.1 Å². The molecule has 0 radical (unpaired) electrons. The number of rotatable bonds is 8. The minimum Gasteiger partial charge on any atom is -0.345 e. The number of thioether (sulfide) groups is 1. The Morgan fingerprint density at radius 2 is 1.96 bits per heavy atom. The van der Waals surface area contributed by atoms with E-state index in [9.17, 15) is 9.59 Å². The van der Waals surface area contributed by atoms with E-state index in [-0.39, 0.29) is 17.9 Å². The van der Waals surface area contributed by atoms with Crippen molar-refractivity contribution in [2.24, 2.45) is 0 Å². The molecular weight excluding hydrogens is 332 g/mol. The molecule has 0 aliphatic heterocycles. The van der Waals surface area contributed by atoms with Gasteiger partial charge >= 0.3 is 0 Å². The zero-order chi connectivity index (χ0) is 17.4. The number of halogens is 1. The zero-order valence-electron chi connectivity index (χ0n) is 14.1. The van der Waals surface area contributed by atoms with Gasteiger partial charge in [0.05, 0.1) is 0 Å². The van der Waals surface area contributed by atoms with Crippen LogP contribution in [0.4, 0.5) is 0 Å². The van der Waals surface area contributed by atoms with E-state index in [1.54, 1.807) is 16.7 Å². The highest BCUT2D eigenvalue weighted by Crippen LogP contribution is 2.19. The van der Waals surface area contributed by atoms with Gasteiger partial charge in [-0.3, -0.25) is 9.59 Å². The lowest BCUT2D eigenvalue weighted by molar-refractivity contribution is -0.138. The van der Waals surface area contributed by atoms with Gasteiger partial charge in [0.1, 0.15) is 6.04 Å². The van der Waals surface area contributed by atoms with Gasteiger partial charge in [0, 0.05) is 24.5 Å². The number of nitrogens with zero attached hydrogens (tertiary/aromatic N) is 1. The molecule has 0 fully saturated rings. The minimum atomic E-state index is -0.496. The highest BCUT2D eigenvalue weighted by molar-refractivity contribution is 7.98. The van der Waals surface area contributed by atoms with Crippen LogP contribution in [-0.4, -0.2) is 40.8 Å². The van der Waals surface area contributed by atoms with E-state index < -0.39 is 6.04 Å². The van der Waals surface area contributed by atoms with Crippen molar-refractivity contribution in [1.82, 2.24) is 10.2 Å². The second-order valence-corrected chi connectivity index (χ2v) is 7.08. The van der Waals surface area contributed by atoms with E-state index in [2.05, 4.69) is 5.32 Å². The third-order valence-electron chi connectivity index (χ3n) is 3.49. The first-order valence-electron chi connectivity index (χ1n) is 7.66. The van der Waals surface area contributed by atoms with Gasteiger partial charge in [0.15, 0.2) is 0 Å². The highest BCUT2D eigenvalue weighted by Gasteiger charge is 2.27. The fourth-order valence-corrected chi connectivity index (χ4v) is 2.93. The molecule has 0 heterocycles. The quantitative estimate of drug-likeness (QED) is 0.777. The van der Waals surface area contributed by atoms with Crippen LogP contribution in [0.1, 0.15) is 32.8 Å². The number of benzene rings is 1. The summed E-state index contributed by atoms with van der Waals surface area (Å²) < 4.78 is 0. The van der Waals surface area contributed by atoms with Crippen molar-refractivity contribution < 1.29 is 9.59 Å². The van der Waals surface area contributed by atoms with Crippen LogP contribution < -0.4 is 5.32 Å². The number of amides is 2. The molecule has 2 amide bonds. The van der Waals surface area contributed by atoms with Crippen molar-refractivity contribution in [2.75, 3.05) is 12.0 Å². The lowest BCUT2D eigenvalue weighted by atomic mass is 10.1. The fraction of sp³-hybridized carbons (Fsp3) is 0.529. The van der Waals surface area contributed by atoms with Gasteiger partial charge in [-0.05, 0) is 43.9 Å². The topological polar surface area (TPSA) is 49.4 Å². The molecule has 6 heteroatoms. The van der Waals surface area contributed by atoms with Gasteiger partial charge in [-0.25, -0.2) is 0 Å². The van der Waals surface area contributed by atoms with E-state index in [4.69, 9.17) is 11.6 Å². The van der Waals surface area contributed by atoms with Gasteiger partial charge in [-0.15, -0.1) is 0 Å². The summed E-state index contributed by atoms with van der Waals surface area (Å²) in [6, 6.07) is 7.03. The predicted octanol–water partition coefficient (Wildman–Crippen LogP) is 3.33. The lowest BCUT2D eigenvalue weighted by Gasteiger charge is -2.31. The summed E-state index contributed by atoms with van der Waals surface area (Å²) in [6.07, 6.45) is 2.60. The van der Waals surface area contributed by atoms with Crippen LogP contribution in [0.15, 0.2) is 24.3 Å². The molecule has 1 atom stereocenters. The summed E-state index contributed by atoms with van der Waals surface area (Å²) in [5.41, 5.74) is 0.905. The molecule has 4 nitrogen and oxygen atoms in total. The fourth-order valence-electron chi connectivity index (χ4n) is 2.26. The number of carbonyl (C=O) groups excluding carboxylic acids is 2. The Hall–Kier alpha value is -1.20. The predicted molar refractivity (Wildman–Crippen MR) is 97.7 cm³/mol. The van der Waals surface area contributed by atoms with Crippen LogP contribution in [0.3, 0.4) is 0 Å². The monoisotopic (exact) mass is 356 g/mol. The van der Waals surface area contributed by atoms with Crippen LogP contribution in [0.5, 0.6) is 0 Å². The van der Waals surface area contributed by atoms with Gasteiger partial charge < -0.3 is 10.2 Å². The maximum absolute atomic E-state index is 12.9. The molecule has 23 heavy (non-hydrogen) atoms. The number of nitrogens with one attached hydrogen (secondary N) is 1. The van der Waals surface area contributed by atoms with Crippen molar-refractivity contribution in [3.8, 4) is 0 Å². The van der Waals surface area contributed by atoms with Crippen LogP contribution in [0.25, 0.3) is 0 Å². The van der Waals surface area contributed by atoms with Gasteiger partial charge in [0.25, 0.3) is 0 Å². The first-order chi connectivity index (χ1) is 10.9. The second kappa shape index (κ2) is 9.83. The molecule has 1 aromatic carbocycles. The zero-order valence-corrected chi connectivity index (χ0v) is 15.7. The Morgan fingerprint density at radius 1 is 1.30 bits per heavy atom. The number of carbonyl (C=O) groups is 2. The van der Waals surface area contributed by atoms with Gasteiger partial charge in [0.2, 0.25) is 11.8 Å². The summed E-state index contributed by atoms with van der Waals surface area (Å²) in [5.74, 6) is 0.560. The van der Waals surface area contributed by atoms with Gasteiger partial charge in [-0.1, -0.05) is 29.8 Å². The number of hydrogen-bond donors (Lipinski definition) is 1. The molecule has 0 aliphatic rings. The maximum Gasteiger partial charge on any atom is 0.245 e. The average molecular weight is 357 g/mol. The average Bonchev–Trinajstić information content (AvgIpc) is 2.49. The number of hydrogen-bond acceptors (Lipinski definition) is 3. The van der Waals surface area contributed by atoms with Crippen LogP contribution in [0.2, 0.25) is 5.02 Å². The van der Waals surface area contributed by atoms with Crippen molar-refractivity contribution in [3.05, 3.63) is 34.9 Å². The summed E-state index contributed by atoms with van der Waals surface area (Å²) in [6.45, 7) is 5.81. The molecule has 1 aromatic rings. The summed E-state index contributed by atoms with van der Waals surface area (Å²) in [5, 5.41) is 3.42. The SMILES string of the molecule is CSCC[C@H](NC(C)=O)C(=O)N(Cc1ccccc1Cl)C(C)C. The van der Waals surface area contributed by atoms with E-state index in [1.807, 2.05) is 44.4 Å². The molecule has 128 valence electrons. The first kappa shape index (κ1) is 19.8. The summed E-state index contributed by atoms with van der Waals surface area (Å²) >= 11 is 7.87. The Balaban J connectivity index is 2.94. The van der Waals surface area contributed by atoms with Crippen molar-refractivity contribution in [1.29, 1.82) is 0 Å². The Morgan fingerprint density at radius 3 is 2.48 bits per heavy atom. The highest BCUT2D eigenvalue weighted by atomic mass is 35.5. The lowest BCUT2D eigenvalue weighted by Crippen LogP contribution is -2.50. The molecule has 1 N–H and O–H groups in total. The smallest absolute Gasteiger partial charge is 0.245 e. The molecule has 0 bridgehead atoms. The maximum atomic E-state index is 12.9. The Labute approximate surface area is 148 Å². The Kier molecular flexibility index (Phi) is 8.48. The normalized spacial score (nSPS) is 12.1. The Bertz CT molecular complexity index is 537. The molecule has 0 aliphatic carbocycles. The third kappa shape index (κ3) is 6.43. The molecular formula is C17H25ClN2O2S. The van der Waals surface area contributed by atoms with Crippen LogP contribution >= 0.6 is 23.4 Å². The first-order valence-corrected chi connectivity index (χ1v) is 9.44. The molecule has 0 saturated heterocycles. The van der Waals surface area contributed by atoms with E-state index >= 15 is 0 Å². The molecule has 0 saturated carbocycles. The molecule has 0 aromatic heterocycles. The van der Waals surface area contributed by atoms with E-state index in [0.717, 1.165) is 11.3 Å². The summed E-state index contributed by atoms with van der Waals surface area (Å²) in [7, 11) is 0. The summed E-state index contributed by atoms with van der Waals surface area (Å²) in [4.78, 5) is 26.1. The van der Waals surface area contributed by atoms with Gasteiger partial charge in [-0.2, -0.15) is 11.8 Å². The second-order valence-electron chi connectivity index (χ2n) is 5.69. The largest absolute Gasteiger partial charge is 0.345 e. The van der Waals surface area contributed by atoms with E-state index in [0.29, 0.717) is 18.0 Å². The third-order valence-corrected chi connectivity index (χ3v) is 4.50. The molecule has 0 spiro atoms. The minimum absolute atomic E-state index is 0.0179. The van der Waals surface area contributed by atoms with Crippen molar-refractivity contribution in [2.45, 2.75) is 45.8 Å². The molecule has 0 unspecified atom stereocenters.